The van der Waals surface area contributed by atoms with Gasteiger partial charge in [0, 0.05) is 5.56 Å². The van der Waals surface area contributed by atoms with E-state index in [1.165, 1.54) is 0 Å². The lowest BCUT2D eigenvalue weighted by molar-refractivity contribution is -0.120. The van der Waals surface area contributed by atoms with Crippen molar-refractivity contribution in [3.8, 4) is 0 Å². The first-order chi connectivity index (χ1) is 6.93. The zero-order valence-electron chi connectivity index (χ0n) is 9.00. The normalized spacial score (nSPS) is 12.3. The van der Waals surface area contributed by atoms with Gasteiger partial charge in [0.05, 0.1) is 0 Å². The number of aryl methyl sites for hydroxylation is 2. The van der Waals surface area contributed by atoms with E-state index in [0.29, 0.717) is 5.56 Å². The molecular weight excluding hydrogens is 195 g/mol. The lowest BCUT2D eigenvalue weighted by Crippen LogP contribution is -2.24. The number of carbonyl (C=O) groups excluding carboxylic acids is 2. The highest BCUT2D eigenvalue weighted by molar-refractivity contribution is 6.13. The van der Waals surface area contributed by atoms with Gasteiger partial charge in [-0.2, -0.15) is 0 Å². The summed E-state index contributed by atoms with van der Waals surface area (Å²) in [5.74, 6) is -1.50. The summed E-state index contributed by atoms with van der Waals surface area (Å²) < 4.78 is 13.2. The second-order valence-electron chi connectivity index (χ2n) is 3.66. The van der Waals surface area contributed by atoms with E-state index in [9.17, 15) is 14.0 Å². The van der Waals surface area contributed by atoms with Crippen LogP contribution >= 0.6 is 0 Å². The Morgan fingerprint density at radius 1 is 1.27 bits per heavy atom. The molecule has 2 nitrogen and oxygen atoms in total. The van der Waals surface area contributed by atoms with E-state index in [0.717, 1.165) is 12.5 Å². The summed E-state index contributed by atoms with van der Waals surface area (Å²) in [7, 11) is 0. The van der Waals surface area contributed by atoms with Crippen molar-refractivity contribution < 1.29 is 14.0 Å². The second kappa shape index (κ2) is 4.34. The minimum Gasteiger partial charge on any atom is -0.296 e. The molecule has 1 rings (SSSR count). The van der Waals surface area contributed by atoms with Crippen LogP contribution in [0.4, 0.5) is 4.39 Å². The Bertz CT molecular complexity index is 410. The van der Waals surface area contributed by atoms with Gasteiger partial charge in [-0.1, -0.05) is 17.7 Å². The van der Waals surface area contributed by atoms with Gasteiger partial charge in [-0.15, -0.1) is 0 Å². The molecule has 0 N–H and O–H groups in total. The highest BCUT2D eigenvalue weighted by Gasteiger charge is 2.24. The second-order valence-corrected chi connectivity index (χ2v) is 3.66. The quantitative estimate of drug-likeness (QED) is 0.564. The van der Waals surface area contributed by atoms with Crippen LogP contribution in [-0.2, 0) is 4.79 Å². The number of hydrogen-bond acceptors (Lipinski definition) is 2. The summed E-state index contributed by atoms with van der Waals surface area (Å²) in [6.07, 6.45) is -2.04. The summed E-state index contributed by atoms with van der Waals surface area (Å²) in [6, 6.07) is 5.19. The van der Waals surface area contributed by atoms with Crippen molar-refractivity contribution in [2.75, 3.05) is 0 Å². The van der Waals surface area contributed by atoms with Crippen LogP contribution in [0.25, 0.3) is 0 Å². The Kier molecular flexibility index (Phi) is 3.35. The van der Waals surface area contributed by atoms with Gasteiger partial charge in [0.25, 0.3) is 0 Å². The smallest absolute Gasteiger partial charge is 0.220 e. The van der Waals surface area contributed by atoms with Crippen molar-refractivity contribution in [2.24, 2.45) is 0 Å². The van der Waals surface area contributed by atoms with Gasteiger partial charge in [-0.25, -0.2) is 4.39 Å². The van der Waals surface area contributed by atoms with E-state index in [-0.39, 0.29) is 5.56 Å². The number of Topliss-reactive ketones (excluding diaryl/α,β-unsaturated/α-hetero) is 2. The maximum atomic E-state index is 13.2. The first-order valence-corrected chi connectivity index (χ1v) is 4.69. The maximum absolute atomic E-state index is 13.2. The molecule has 0 amide bonds. The summed E-state index contributed by atoms with van der Waals surface area (Å²) in [5, 5.41) is 0. The zero-order valence-corrected chi connectivity index (χ0v) is 9.00. The molecule has 0 spiro atoms. The van der Waals surface area contributed by atoms with Crippen LogP contribution in [0, 0.1) is 13.8 Å². The van der Waals surface area contributed by atoms with E-state index < -0.39 is 17.7 Å². The Hall–Kier alpha value is -1.51. The lowest BCUT2D eigenvalue weighted by atomic mass is 9.98. The topological polar surface area (TPSA) is 34.1 Å². The van der Waals surface area contributed by atoms with E-state index in [1.807, 2.05) is 13.0 Å². The van der Waals surface area contributed by atoms with Gasteiger partial charge < -0.3 is 0 Å². The third-order valence-corrected chi connectivity index (χ3v) is 2.25. The average molecular weight is 208 g/mol. The molecule has 0 radical (unpaired) electrons. The van der Waals surface area contributed by atoms with E-state index in [1.54, 1.807) is 19.1 Å². The highest BCUT2D eigenvalue weighted by Crippen LogP contribution is 2.14. The van der Waals surface area contributed by atoms with Crippen LogP contribution in [0.3, 0.4) is 0 Å². The Morgan fingerprint density at radius 2 is 1.87 bits per heavy atom. The van der Waals surface area contributed by atoms with Gasteiger partial charge in [0.15, 0.2) is 5.78 Å². The molecule has 1 aromatic carbocycles. The van der Waals surface area contributed by atoms with Gasteiger partial charge in [0.2, 0.25) is 12.0 Å². The Balaban J connectivity index is 3.11. The summed E-state index contributed by atoms with van der Waals surface area (Å²) in [4.78, 5) is 22.3. The molecule has 1 aromatic rings. The van der Waals surface area contributed by atoms with Crippen LogP contribution < -0.4 is 0 Å². The fourth-order valence-corrected chi connectivity index (χ4v) is 1.32. The molecule has 0 saturated carbocycles. The minimum absolute atomic E-state index is 0.290. The molecule has 1 atom stereocenters. The third kappa shape index (κ3) is 2.49. The zero-order chi connectivity index (χ0) is 11.6. The summed E-state index contributed by atoms with van der Waals surface area (Å²) >= 11 is 0. The molecule has 0 aliphatic rings. The minimum atomic E-state index is -2.04. The number of ketones is 2. The Labute approximate surface area is 88.1 Å². The largest absolute Gasteiger partial charge is 0.296 e. The number of benzene rings is 1. The predicted octanol–water partition coefficient (Wildman–Crippen LogP) is 2.41. The van der Waals surface area contributed by atoms with Gasteiger partial charge in [0.1, 0.15) is 0 Å². The monoisotopic (exact) mass is 208 g/mol. The van der Waals surface area contributed by atoms with Crippen molar-refractivity contribution in [1.29, 1.82) is 0 Å². The van der Waals surface area contributed by atoms with Crippen LogP contribution in [-0.4, -0.2) is 17.7 Å². The molecular formula is C12H13FO2. The van der Waals surface area contributed by atoms with Crippen LogP contribution in [0.2, 0.25) is 0 Å². The van der Waals surface area contributed by atoms with Crippen molar-refractivity contribution in [3.05, 3.63) is 34.9 Å². The highest BCUT2D eigenvalue weighted by atomic mass is 19.1. The maximum Gasteiger partial charge on any atom is 0.220 e. The Morgan fingerprint density at radius 3 is 2.40 bits per heavy atom. The molecule has 15 heavy (non-hydrogen) atoms. The first kappa shape index (κ1) is 11.6. The fraction of sp³-hybridized carbons (Fsp3) is 0.333. The molecule has 3 heteroatoms. The first-order valence-electron chi connectivity index (χ1n) is 4.69. The summed E-state index contributed by atoms with van der Waals surface area (Å²) in [6.45, 7) is 4.62. The SMILES string of the molecule is CC(=O)C(F)C(=O)c1cc(C)ccc1C. The van der Waals surface area contributed by atoms with Gasteiger partial charge >= 0.3 is 0 Å². The number of carbonyl (C=O) groups is 2. The van der Waals surface area contributed by atoms with Gasteiger partial charge in [-0.3, -0.25) is 9.59 Å². The van der Waals surface area contributed by atoms with Crippen molar-refractivity contribution in [2.45, 2.75) is 26.9 Å². The van der Waals surface area contributed by atoms with Crippen LogP contribution in [0.15, 0.2) is 18.2 Å². The molecule has 0 aromatic heterocycles. The molecule has 0 saturated heterocycles. The molecule has 80 valence electrons. The molecule has 0 fully saturated rings. The molecule has 0 aliphatic carbocycles. The van der Waals surface area contributed by atoms with Crippen LogP contribution in [0.1, 0.15) is 28.4 Å². The van der Waals surface area contributed by atoms with Gasteiger partial charge in [-0.05, 0) is 32.4 Å². The molecule has 0 heterocycles. The standard InChI is InChI=1S/C12H13FO2/c1-7-4-5-8(2)10(6-7)12(15)11(13)9(3)14/h4-6,11H,1-3H3. The van der Waals surface area contributed by atoms with Crippen molar-refractivity contribution >= 4 is 11.6 Å². The third-order valence-electron chi connectivity index (χ3n) is 2.25. The average Bonchev–Trinajstić information content (AvgIpc) is 2.19. The number of alkyl halides is 1. The van der Waals surface area contributed by atoms with E-state index in [2.05, 4.69) is 0 Å². The van der Waals surface area contributed by atoms with Crippen LogP contribution in [0.5, 0.6) is 0 Å². The number of halogens is 1. The van der Waals surface area contributed by atoms with E-state index >= 15 is 0 Å². The van der Waals surface area contributed by atoms with Crippen molar-refractivity contribution in [1.82, 2.24) is 0 Å². The van der Waals surface area contributed by atoms with E-state index in [4.69, 9.17) is 0 Å². The lowest BCUT2D eigenvalue weighted by Gasteiger charge is -2.07. The number of rotatable bonds is 3. The molecule has 1 unspecified atom stereocenters. The van der Waals surface area contributed by atoms with Crippen molar-refractivity contribution in [3.63, 3.8) is 0 Å². The fourth-order valence-electron chi connectivity index (χ4n) is 1.32. The predicted molar refractivity (Wildman–Crippen MR) is 55.8 cm³/mol. The molecule has 0 bridgehead atoms. The summed E-state index contributed by atoms with van der Waals surface area (Å²) in [5.41, 5.74) is 1.85. The number of hydrogen-bond donors (Lipinski definition) is 0. The molecule has 0 aliphatic heterocycles.